The molecule has 1 unspecified atom stereocenters. The Balaban J connectivity index is 2.77. The maximum Gasteiger partial charge on any atom is 0.305 e. The Hall–Kier alpha value is -1.43. The molecule has 104 valence electrons. The number of nitrogens with one attached hydrogen (secondary N) is 1. The van der Waals surface area contributed by atoms with Crippen LogP contribution in [-0.2, 0) is 4.79 Å². The second-order valence-electron chi connectivity index (χ2n) is 4.22. The summed E-state index contributed by atoms with van der Waals surface area (Å²) in [6.07, 6.45) is 1.18. The van der Waals surface area contributed by atoms with Crippen molar-refractivity contribution >= 4 is 27.8 Å². The van der Waals surface area contributed by atoms with Crippen molar-refractivity contribution in [3.8, 4) is 0 Å². The van der Waals surface area contributed by atoms with Crippen molar-refractivity contribution in [2.24, 2.45) is 0 Å². The van der Waals surface area contributed by atoms with E-state index >= 15 is 0 Å². The molecule has 0 radical (unpaired) electrons. The Morgan fingerprint density at radius 2 is 2.11 bits per heavy atom. The summed E-state index contributed by atoms with van der Waals surface area (Å²) < 4.78 is 13.6. The molecule has 0 aliphatic carbocycles. The largest absolute Gasteiger partial charge is 0.481 e. The lowest BCUT2D eigenvalue weighted by Gasteiger charge is -2.16. The molecule has 1 atom stereocenters. The Morgan fingerprint density at radius 1 is 1.42 bits per heavy atom. The van der Waals surface area contributed by atoms with E-state index in [1.807, 2.05) is 6.92 Å². The summed E-state index contributed by atoms with van der Waals surface area (Å²) in [6, 6.07) is 3.40. The lowest BCUT2D eigenvalue weighted by atomic mass is 10.1. The highest BCUT2D eigenvalue weighted by Crippen LogP contribution is 2.15. The summed E-state index contributed by atoms with van der Waals surface area (Å²) in [7, 11) is 0. The van der Waals surface area contributed by atoms with Gasteiger partial charge in [0.25, 0.3) is 5.91 Å². The highest BCUT2D eigenvalue weighted by molar-refractivity contribution is 9.10. The van der Waals surface area contributed by atoms with Crippen molar-refractivity contribution in [2.75, 3.05) is 0 Å². The number of hydrogen-bond acceptors (Lipinski definition) is 2. The average Bonchev–Trinajstić information content (AvgIpc) is 2.26. The molecule has 1 aromatic carbocycles. The molecular weight excluding hydrogens is 317 g/mol. The third kappa shape index (κ3) is 5.38. The molecule has 0 saturated heterocycles. The number of hydrogen-bond donors (Lipinski definition) is 2. The van der Waals surface area contributed by atoms with Crippen molar-refractivity contribution in [1.29, 1.82) is 0 Å². The lowest BCUT2D eigenvalue weighted by Crippen LogP contribution is -2.36. The van der Waals surface area contributed by atoms with Gasteiger partial charge in [-0.15, -0.1) is 0 Å². The van der Waals surface area contributed by atoms with Crippen molar-refractivity contribution in [3.63, 3.8) is 0 Å². The van der Waals surface area contributed by atoms with E-state index in [1.165, 1.54) is 12.1 Å². The summed E-state index contributed by atoms with van der Waals surface area (Å²) in [4.78, 5) is 22.6. The van der Waals surface area contributed by atoms with Crippen LogP contribution in [0.5, 0.6) is 0 Å². The first kappa shape index (κ1) is 15.6. The molecule has 0 aromatic heterocycles. The highest BCUT2D eigenvalue weighted by atomic mass is 79.9. The van der Waals surface area contributed by atoms with Gasteiger partial charge in [-0.1, -0.05) is 29.3 Å². The zero-order valence-corrected chi connectivity index (χ0v) is 12.0. The molecule has 0 aliphatic rings. The first-order chi connectivity index (χ1) is 8.92. The van der Waals surface area contributed by atoms with Gasteiger partial charge in [0.05, 0.1) is 6.42 Å². The zero-order valence-electron chi connectivity index (χ0n) is 10.5. The van der Waals surface area contributed by atoms with Gasteiger partial charge in [0, 0.05) is 16.1 Å². The number of carbonyl (C=O) groups excluding carboxylic acids is 1. The second kappa shape index (κ2) is 7.23. The Labute approximate surface area is 119 Å². The average molecular weight is 332 g/mol. The van der Waals surface area contributed by atoms with Crippen molar-refractivity contribution in [3.05, 3.63) is 34.1 Å². The predicted octanol–water partition coefficient (Wildman–Crippen LogP) is 2.96. The molecule has 0 fully saturated rings. The van der Waals surface area contributed by atoms with Gasteiger partial charge in [-0.25, -0.2) is 4.39 Å². The smallest absolute Gasteiger partial charge is 0.305 e. The quantitative estimate of drug-likeness (QED) is 0.842. The molecule has 19 heavy (non-hydrogen) atoms. The number of benzene rings is 1. The molecular formula is C13H15BrFNO3. The zero-order chi connectivity index (χ0) is 14.4. The van der Waals surface area contributed by atoms with E-state index in [-0.39, 0.29) is 12.0 Å². The molecule has 0 bridgehead atoms. The third-order valence-electron chi connectivity index (χ3n) is 2.52. The topological polar surface area (TPSA) is 66.4 Å². The summed E-state index contributed by atoms with van der Waals surface area (Å²) in [6.45, 7) is 1.90. The van der Waals surface area contributed by atoms with Gasteiger partial charge in [-0.05, 0) is 24.6 Å². The van der Waals surface area contributed by atoms with Crippen LogP contribution in [0.1, 0.15) is 36.5 Å². The number of aliphatic carboxylic acids is 1. The molecule has 0 aliphatic heterocycles. The van der Waals surface area contributed by atoms with Crippen LogP contribution in [-0.4, -0.2) is 23.0 Å². The normalized spacial score (nSPS) is 11.9. The molecule has 2 N–H and O–H groups in total. The summed E-state index contributed by atoms with van der Waals surface area (Å²) in [5.41, 5.74) is 0.165. The number of carboxylic acid groups (broad SMARTS) is 1. The minimum atomic E-state index is -0.973. The van der Waals surface area contributed by atoms with Crippen molar-refractivity contribution < 1.29 is 19.1 Å². The second-order valence-corrected chi connectivity index (χ2v) is 5.13. The van der Waals surface area contributed by atoms with Crippen molar-refractivity contribution in [2.45, 2.75) is 32.2 Å². The van der Waals surface area contributed by atoms with E-state index in [9.17, 15) is 14.0 Å². The van der Waals surface area contributed by atoms with E-state index in [1.54, 1.807) is 0 Å². The fourth-order valence-electron chi connectivity index (χ4n) is 1.74. The van der Waals surface area contributed by atoms with E-state index in [2.05, 4.69) is 21.2 Å². The molecule has 1 amide bonds. The third-order valence-corrected chi connectivity index (χ3v) is 2.98. The fraction of sp³-hybridized carbons (Fsp3) is 0.385. The first-order valence-electron chi connectivity index (χ1n) is 5.91. The minimum absolute atomic E-state index is 0.143. The first-order valence-corrected chi connectivity index (χ1v) is 6.70. The number of rotatable bonds is 6. The van der Waals surface area contributed by atoms with E-state index in [4.69, 9.17) is 5.11 Å². The molecule has 0 heterocycles. The molecule has 6 heteroatoms. The predicted molar refractivity (Wildman–Crippen MR) is 72.5 cm³/mol. The molecule has 1 aromatic rings. The summed E-state index contributed by atoms with van der Waals surface area (Å²) >= 11 is 3.10. The van der Waals surface area contributed by atoms with Gasteiger partial charge in [0.15, 0.2) is 0 Å². The van der Waals surface area contributed by atoms with E-state index in [0.29, 0.717) is 10.9 Å². The standard InChI is InChI=1S/C13H15BrFNO3/c1-2-3-11(7-12(17)18)16-13(19)8-4-9(14)6-10(15)5-8/h4-6,11H,2-3,7H2,1H3,(H,16,19)(H,17,18). The van der Waals surface area contributed by atoms with Gasteiger partial charge in [-0.3, -0.25) is 9.59 Å². The summed E-state index contributed by atoms with van der Waals surface area (Å²) in [5.74, 6) is -1.97. The number of carboxylic acids is 1. The van der Waals surface area contributed by atoms with Crippen molar-refractivity contribution in [1.82, 2.24) is 5.32 Å². The van der Waals surface area contributed by atoms with Gasteiger partial charge >= 0.3 is 5.97 Å². The molecule has 0 saturated carbocycles. The van der Waals surface area contributed by atoms with Gasteiger partial charge in [0.1, 0.15) is 5.82 Å². The molecule has 4 nitrogen and oxygen atoms in total. The maximum absolute atomic E-state index is 13.2. The highest BCUT2D eigenvalue weighted by Gasteiger charge is 2.16. The van der Waals surface area contributed by atoms with Gasteiger partial charge < -0.3 is 10.4 Å². The number of halogens is 2. The van der Waals surface area contributed by atoms with Crippen LogP contribution >= 0.6 is 15.9 Å². The Bertz CT molecular complexity index is 459. The molecule has 1 rings (SSSR count). The summed E-state index contributed by atoms with van der Waals surface area (Å²) in [5, 5.41) is 11.4. The van der Waals surface area contributed by atoms with Crippen LogP contribution in [0.2, 0.25) is 0 Å². The Kier molecular flexibility index (Phi) is 5.95. The fourth-order valence-corrected chi connectivity index (χ4v) is 2.20. The van der Waals surface area contributed by atoms with Crippen LogP contribution in [0.3, 0.4) is 0 Å². The van der Waals surface area contributed by atoms with Crippen LogP contribution in [0.15, 0.2) is 22.7 Å². The van der Waals surface area contributed by atoms with Crippen LogP contribution < -0.4 is 5.32 Å². The van der Waals surface area contributed by atoms with Gasteiger partial charge in [0.2, 0.25) is 0 Å². The van der Waals surface area contributed by atoms with E-state index < -0.39 is 23.7 Å². The maximum atomic E-state index is 13.2. The van der Waals surface area contributed by atoms with Crippen LogP contribution in [0.4, 0.5) is 4.39 Å². The van der Waals surface area contributed by atoms with Crippen LogP contribution in [0, 0.1) is 5.82 Å². The van der Waals surface area contributed by atoms with Gasteiger partial charge in [-0.2, -0.15) is 0 Å². The molecule has 0 spiro atoms. The Morgan fingerprint density at radius 3 is 2.63 bits per heavy atom. The van der Waals surface area contributed by atoms with Crippen LogP contribution in [0.25, 0.3) is 0 Å². The number of amides is 1. The monoisotopic (exact) mass is 331 g/mol. The lowest BCUT2D eigenvalue weighted by molar-refractivity contribution is -0.137. The van der Waals surface area contributed by atoms with E-state index in [0.717, 1.165) is 12.5 Å². The number of carbonyl (C=O) groups is 2. The minimum Gasteiger partial charge on any atom is -0.481 e. The SMILES string of the molecule is CCCC(CC(=O)O)NC(=O)c1cc(F)cc(Br)c1.